The van der Waals surface area contributed by atoms with Gasteiger partial charge in [0.25, 0.3) is 0 Å². The lowest BCUT2D eigenvalue weighted by atomic mass is 9.69. The van der Waals surface area contributed by atoms with Gasteiger partial charge in [0, 0.05) is 57.2 Å². The Labute approximate surface area is 189 Å². The summed E-state index contributed by atoms with van der Waals surface area (Å²) in [5.74, 6) is -1.45. The normalized spacial score (nSPS) is 23.6. The molecule has 0 unspecified atom stereocenters. The minimum absolute atomic E-state index is 0.00258. The molecule has 4 rings (SSSR count). The zero-order chi connectivity index (χ0) is 22.7. The van der Waals surface area contributed by atoms with Crippen LogP contribution in [0.2, 0.25) is 0 Å². The van der Waals surface area contributed by atoms with Gasteiger partial charge >= 0.3 is 0 Å². The molecule has 2 saturated heterocycles. The molecule has 0 N–H and O–H groups in total. The molecule has 0 aromatic heterocycles. The van der Waals surface area contributed by atoms with E-state index in [1.807, 2.05) is 41.3 Å². The predicted molar refractivity (Wildman–Crippen MR) is 121 cm³/mol. The Morgan fingerprint density at radius 2 is 1.75 bits per heavy atom. The number of nitrogens with zero attached hydrogens (tertiary/aromatic N) is 2. The second kappa shape index (κ2) is 9.92. The Morgan fingerprint density at radius 3 is 2.41 bits per heavy atom. The summed E-state index contributed by atoms with van der Waals surface area (Å²) in [6.45, 7) is 5.48. The molecule has 5 nitrogen and oxygen atoms in total. The topological polar surface area (TPSA) is 49.9 Å². The third kappa shape index (κ3) is 4.48. The Balaban J connectivity index is 1.78. The lowest BCUT2D eigenvalue weighted by Crippen LogP contribution is -2.56. The molecule has 0 saturated carbocycles. The number of hydrogen-bond donors (Lipinski definition) is 0. The summed E-state index contributed by atoms with van der Waals surface area (Å²) in [5, 5.41) is 0. The molecule has 2 fully saturated rings. The molecular weight excluding hydrogens is 407 g/mol. The third-order valence-electron chi connectivity index (χ3n) is 6.94. The van der Waals surface area contributed by atoms with Gasteiger partial charge in [-0.2, -0.15) is 0 Å². The van der Waals surface area contributed by atoms with Crippen LogP contribution in [0.4, 0.5) is 4.39 Å². The molecule has 0 spiro atoms. The van der Waals surface area contributed by atoms with Crippen molar-refractivity contribution in [1.29, 1.82) is 0 Å². The number of amides is 1. The van der Waals surface area contributed by atoms with Gasteiger partial charge in [0.15, 0.2) is 5.78 Å². The average Bonchev–Trinajstić information content (AvgIpc) is 2.78. The van der Waals surface area contributed by atoms with Crippen LogP contribution in [0.3, 0.4) is 0 Å². The minimum atomic E-state index is -0.446. The molecule has 2 heterocycles. The van der Waals surface area contributed by atoms with E-state index < -0.39 is 11.8 Å². The van der Waals surface area contributed by atoms with Gasteiger partial charge in [0.2, 0.25) is 5.91 Å². The molecule has 2 aromatic rings. The van der Waals surface area contributed by atoms with E-state index >= 15 is 0 Å². The zero-order valence-electron chi connectivity index (χ0n) is 18.8. The van der Waals surface area contributed by atoms with Gasteiger partial charge in [-0.25, -0.2) is 4.39 Å². The van der Waals surface area contributed by atoms with E-state index in [-0.39, 0.29) is 23.4 Å². The second-order valence-corrected chi connectivity index (χ2v) is 8.85. The Morgan fingerprint density at radius 1 is 1.03 bits per heavy atom. The van der Waals surface area contributed by atoms with Crippen molar-refractivity contribution in [3.8, 4) is 0 Å². The molecule has 2 aromatic carbocycles. The van der Waals surface area contributed by atoms with Crippen LogP contribution in [0.25, 0.3) is 0 Å². The van der Waals surface area contributed by atoms with Gasteiger partial charge in [-0.1, -0.05) is 42.5 Å². The Hall–Kier alpha value is -2.57. The van der Waals surface area contributed by atoms with Crippen molar-refractivity contribution in [2.24, 2.45) is 11.8 Å². The van der Waals surface area contributed by atoms with Crippen LogP contribution in [0.15, 0.2) is 48.5 Å². The van der Waals surface area contributed by atoms with Crippen LogP contribution in [0, 0.1) is 24.6 Å². The fourth-order valence-corrected chi connectivity index (χ4v) is 5.03. The number of piperidine rings is 1. The number of methoxy groups -OCH3 is 1. The Bertz CT molecular complexity index is 961. The van der Waals surface area contributed by atoms with Crippen molar-refractivity contribution in [1.82, 2.24) is 9.80 Å². The first kappa shape index (κ1) is 22.6. The average molecular weight is 439 g/mol. The monoisotopic (exact) mass is 438 g/mol. The summed E-state index contributed by atoms with van der Waals surface area (Å²) < 4.78 is 19.9. The van der Waals surface area contributed by atoms with Crippen LogP contribution in [0.1, 0.15) is 33.8 Å². The maximum Gasteiger partial charge on any atom is 0.227 e. The van der Waals surface area contributed by atoms with E-state index in [4.69, 9.17) is 4.74 Å². The first-order valence-electron chi connectivity index (χ1n) is 11.4. The molecule has 1 amide bonds. The number of hydrogen-bond acceptors (Lipinski definition) is 4. The van der Waals surface area contributed by atoms with Crippen molar-refractivity contribution >= 4 is 11.7 Å². The second-order valence-electron chi connectivity index (χ2n) is 8.85. The lowest BCUT2D eigenvalue weighted by Gasteiger charge is -2.46. The number of ether oxygens (including phenoxy) is 1. The fraction of sp³-hybridized carbons (Fsp3) is 0.462. The number of carbonyl (C=O) groups excluding carboxylic acids is 2. The van der Waals surface area contributed by atoms with Crippen molar-refractivity contribution in [2.75, 3.05) is 46.4 Å². The smallest absolute Gasteiger partial charge is 0.227 e. The molecule has 0 aliphatic carbocycles. The maximum absolute atomic E-state index is 14.6. The first-order chi connectivity index (χ1) is 15.5. The number of likely N-dealkylation sites (tertiary alicyclic amines) is 2. The molecule has 3 atom stereocenters. The van der Waals surface area contributed by atoms with E-state index in [0.717, 1.165) is 25.1 Å². The molecule has 0 radical (unpaired) electrons. The molecule has 170 valence electrons. The molecule has 6 heteroatoms. The Kier molecular flexibility index (Phi) is 7.01. The molecule has 2 aliphatic heterocycles. The van der Waals surface area contributed by atoms with Crippen LogP contribution in [-0.4, -0.2) is 67.9 Å². The predicted octanol–water partition coefficient (Wildman–Crippen LogP) is 3.53. The standard InChI is InChI=1S/C26H31FN2O3/c1-18-20(10-6-11-23(18)27)24-21(25(30)19-8-4-3-5-9-19)16-28(14-15-32-2)17-22(24)26(31)29-12-7-13-29/h3-6,8-11,21-22,24H,7,12-17H2,1-2H3/t21-,22-,24-/m0/s1. The minimum Gasteiger partial charge on any atom is -0.383 e. The highest BCUT2D eigenvalue weighted by molar-refractivity contribution is 5.99. The summed E-state index contributed by atoms with van der Waals surface area (Å²) in [7, 11) is 1.65. The quantitative estimate of drug-likeness (QED) is 0.621. The fourth-order valence-electron chi connectivity index (χ4n) is 5.03. The van der Waals surface area contributed by atoms with E-state index in [9.17, 15) is 14.0 Å². The van der Waals surface area contributed by atoms with Crippen LogP contribution in [0.5, 0.6) is 0 Å². The number of carbonyl (C=O) groups is 2. The number of halogens is 1. The molecule has 32 heavy (non-hydrogen) atoms. The van der Waals surface area contributed by atoms with Gasteiger partial charge in [-0.15, -0.1) is 0 Å². The van der Waals surface area contributed by atoms with Gasteiger partial charge < -0.3 is 9.64 Å². The van der Waals surface area contributed by atoms with Crippen LogP contribution in [-0.2, 0) is 9.53 Å². The number of benzene rings is 2. The summed E-state index contributed by atoms with van der Waals surface area (Å²) in [6, 6.07) is 14.2. The number of Topliss-reactive ketones (excluding diaryl/α,β-unsaturated/α-hetero) is 1. The van der Waals surface area contributed by atoms with Gasteiger partial charge in [-0.05, 0) is 30.5 Å². The highest BCUT2D eigenvalue weighted by Gasteiger charge is 2.46. The summed E-state index contributed by atoms with van der Waals surface area (Å²) in [5.41, 5.74) is 1.92. The molecule has 0 bridgehead atoms. The highest BCUT2D eigenvalue weighted by Crippen LogP contribution is 2.42. The van der Waals surface area contributed by atoms with Gasteiger partial charge in [0.05, 0.1) is 12.5 Å². The summed E-state index contributed by atoms with van der Waals surface area (Å²) in [6.07, 6.45) is 1.00. The van der Waals surface area contributed by atoms with Crippen molar-refractivity contribution < 1.29 is 18.7 Å². The SMILES string of the molecule is COCCN1C[C@H](C(=O)c2ccccc2)[C@H](c2cccc(F)c2C)[C@@H](C(=O)N2CCC2)C1. The largest absolute Gasteiger partial charge is 0.383 e. The maximum atomic E-state index is 14.6. The van der Waals surface area contributed by atoms with E-state index in [1.165, 1.54) is 6.07 Å². The summed E-state index contributed by atoms with van der Waals surface area (Å²) in [4.78, 5) is 31.3. The van der Waals surface area contributed by atoms with E-state index in [2.05, 4.69) is 4.90 Å². The number of rotatable bonds is 7. The lowest BCUT2D eigenvalue weighted by molar-refractivity contribution is -0.142. The highest BCUT2D eigenvalue weighted by atomic mass is 19.1. The first-order valence-corrected chi connectivity index (χ1v) is 11.4. The van der Waals surface area contributed by atoms with Gasteiger partial charge in [0.1, 0.15) is 5.82 Å². The van der Waals surface area contributed by atoms with Crippen molar-refractivity contribution in [3.63, 3.8) is 0 Å². The summed E-state index contributed by atoms with van der Waals surface area (Å²) >= 11 is 0. The van der Waals surface area contributed by atoms with Crippen molar-refractivity contribution in [2.45, 2.75) is 19.3 Å². The van der Waals surface area contributed by atoms with E-state index in [1.54, 1.807) is 20.1 Å². The zero-order valence-corrected chi connectivity index (χ0v) is 18.8. The van der Waals surface area contributed by atoms with E-state index in [0.29, 0.717) is 37.4 Å². The third-order valence-corrected chi connectivity index (χ3v) is 6.94. The van der Waals surface area contributed by atoms with Crippen LogP contribution < -0.4 is 0 Å². The van der Waals surface area contributed by atoms with Crippen LogP contribution >= 0.6 is 0 Å². The van der Waals surface area contributed by atoms with Crippen molar-refractivity contribution in [3.05, 3.63) is 71.0 Å². The number of ketones is 1. The van der Waals surface area contributed by atoms with Gasteiger partial charge in [-0.3, -0.25) is 14.5 Å². The molecule has 2 aliphatic rings. The molecular formula is C26H31FN2O3.